The van der Waals surface area contributed by atoms with Crippen LogP contribution in [0.4, 0.5) is 0 Å². The fourth-order valence-corrected chi connectivity index (χ4v) is 5.92. The van der Waals surface area contributed by atoms with Crippen molar-refractivity contribution >= 4 is 11.9 Å². The first-order valence-electron chi connectivity index (χ1n) is 14.5. The standard InChI is InChI=1S/C33H44O8/c1-18-20(3)30-24(22(5)28(18)36)9-11-32(7,40-30)13-15-38-26(34)17-27(35)39-16-14-33(8)12-10-25-23(6)29(37)19(2)21(4)31(25)41-33/h36-37H,9-17H2,1-8H3. The van der Waals surface area contributed by atoms with Gasteiger partial charge in [-0.25, -0.2) is 0 Å². The highest BCUT2D eigenvalue weighted by Gasteiger charge is 2.36. The summed E-state index contributed by atoms with van der Waals surface area (Å²) in [6.07, 6.45) is 3.51. The van der Waals surface area contributed by atoms with Crippen LogP contribution < -0.4 is 9.47 Å². The molecule has 2 heterocycles. The normalized spacial score (nSPS) is 21.3. The molecule has 2 aliphatic rings. The Balaban J connectivity index is 1.22. The zero-order chi connectivity index (χ0) is 30.3. The largest absolute Gasteiger partial charge is 0.507 e. The van der Waals surface area contributed by atoms with Crippen LogP contribution in [0.25, 0.3) is 0 Å². The van der Waals surface area contributed by atoms with E-state index < -0.39 is 29.6 Å². The van der Waals surface area contributed by atoms with Crippen LogP contribution in [0.15, 0.2) is 0 Å². The van der Waals surface area contributed by atoms with Gasteiger partial charge in [-0.1, -0.05) is 0 Å². The number of aromatic hydroxyl groups is 2. The number of ether oxygens (including phenoxy) is 4. The molecule has 0 aromatic heterocycles. The van der Waals surface area contributed by atoms with Crippen molar-refractivity contribution in [2.24, 2.45) is 0 Å². The van der Waals surface area contributed by atoms with Crippen molar-refractivity contribution in [3.63, 3.8) is 0 Å². The topological polar surface area (TPSA) is 112 Å². The molecule has 8 nitrogen and oxygen atoms in total. The average molecular weight is 569 g/mol. The first-order chi connectivity index (χ1) is 19.2. The van der Waals surface area contributed by atoms with Crippen LogP contribution in [0, 0.1) is 41.5 Å². The van der Waals surface area contributed by atoms with Gasteiger partial charge < -0.3 is 29.2 Å². The van der Waals surface area contributed by atoms with Gasteiger partial charge in [0.2, 0.25) is 0 Å². The van der Waals surface area contributed by atoms with E-state index in [9.17, 15) is 19.8 Å². The first-order valence-corrected chi connectivity index (χ1v) is 14.5. The van der Waals surface area contributed by atoms with E-state index >= 15 is 0 Å². The van der Waals surface area contributed by atoms with E-state index in [0.717, 1.165) is 81.7 Å². The Morgan fingerprint density at radius 2 is 1.02 bits per heavy atom. The maximum atomic E-state index is 12.3. The molecule has 0 bridgehead atoms. The predicted molar refractivity (Wildman–Crippen MR) is 155 cm³/mol. The summed E-state index contributed by atoms with van der Waals surface area (Å²) in [7, 11) is 0. The van der Waals surface area contributed by atoms with Crippen molar-refractivity contribution in [3.05, 3.63) is 44.5 Å². The van der Waals surface area contributed by atoms with Crippen LogP contribution >= 0.6 is 0 Å². The minimum absolute atomic E-state index is 0.131. The van der Waals surface area contributed by atoms with Crippen molar-refractivity contribution in [2.75, 3.05) is 13.2 Å². The SMILES string of the molecule is Cc1c(C)c2c(c(C)c1O)CCC(C)(CCOC(=O)CC(=O)OCCC1(C)CCc3c(C)c(O)c(C)c(C)c3O1)O2. The second-order valence-corrected chi connectivity index (χ2v) is 12.3. The number of hydrogen-bond donors (Lipinski definition) is 2. The van der Waals surface area contributed by atoms with E-state index in [1.807, 2.05) is 55.4 Å². The van der Waals surface area contributed by atoms with E-state index in [1.54, 1.807) is 0 Å². The molecule has 0 saturated carbocycles. The van der Waals surface area contributed by atoms with Gasteiger partial charge >= 0.3 is 11.9 Å². The van der Waals surface area contributed by atoms with Crippen LogP contribution in [0.2, 0.25) is 0 Å². The Morgan fingerprint density at radius 3 is 1.39 bits per heavy atom. The summed E-state index contributed by atoms with van der Waals surface area (Å²) in [5.74, 6) is 0.997. The van der Waals surface area contributed by atoms with Crippen molar-refractivity contribution < 1.29 is 38.7 Å². The molecular formula is C33H44O8. The average Bonchev–Trinajstić information content (AvgIpc) is 2.92. The molecule has 2 aromatic rings. The minimum Gasteiger partial charge on any atom is -0.507 e. The van der Waals surface area contributed by atoms with E-state index in [4.69, 9.17) is 18.9 Å². The summed E-state index contributed by atoms with van der Waals surface area (Å²) in [5.41, 5.74) is 6.19. The first kappa shape index (κ1) is 30.5. The number of benzene rings is 2. The molecular weight excluding hydrogens is 524 g/mol. The summed E-state index contributed by atoms with van der Waals surface area (Å²) in [5, 5.41) is 20.8. The number of esters is 2. The molecule has 2 atom stereocenters. The van der Waals surface area contributed by atoms with Gasteiger partial charge in [-0.3, -0.25) is 9.59 Å². The summed E-state index contributed by atoms with van der Waals surface area (Å²) in [4.78, 5) is 24.7. The van der Waals surface area contributed by atoms with Gasteiger partial charge in [-0.15, -0.1) is 0 Å². The molecule has 0 fully saturated rings. The molecule has 41 heavy (non-hydrogen) atoms. The quantitative estimate of drug-likeness (QED) is 0.291. The maximum absolute atomic E-state index is 12.3. The van der Waals surface area contributed by atoms with E-state index in [1.165, 1.54) is 0 Å². The second-order valence-electron chi connectivity index (χ2n) is 12.3. The molecule has 2 unspecified atom stereocenters. The van der Waals surface area contributed by atoms with E-state index in [2.05, 4.69) is 0 Å². The molecule has 0 amide bonds. The minimum atomic E-state index is -0.627. The van der Waals surface area contributed by atoms with Crippen LogP contribution in [-0.2, 0) is 31.9 Å². The highest BCUT2D eigenvalue weighted by atomic mass is 16.6. The number of rotatable bonds is 8. The fraction of sp³-hybridized carbons (Fsp3) is 0.576. The highest BCUT2D eigenvalue weighted by molar-refractivity contribution is 5.91. The zero-order valence-corrected chi connectivity index (χ0v) is 25.7. The monoisotopic (exact) mass is 568 g/mol. The molecule has 0 radical (unpaired) electrons. The Kier molecular flexibility index (Phi) is 8.53. The number of phenols is 2. The van der Waals surface area contributed by atoms with Gasteiger partial charge in [-0.2, -0.15) is 0 Å². The summed E-state index contributed by atoms with van der Waals surface area (Å²) < 4.78 is 23.5. The van der Waals surface area contributed by atoms with Gasteiger partial charge in [0, 0.05) is 24.0 Å². The molecule has 0 aliphatic carbocycles. The van der Waals surface area contributed by atoms with E-state index in [0.29, 0.717) is 24.3 Å². The van der Waals surface area contributed by atoms with Crippen LogP contribution in [0.5, 0.6) is 23.0 Å². The van der Waals surface area contributed by atoms with Crippen LogP contribution in [0.3, 0.4) is 0 Å². The molecule has 4 rings (SSSR count). The molecule has 224 valence electrons. The van der Waals surface area contributed by atoms with Crippen LogP contribution in [-0.4, -0.2) is 46.6 Å². The fourth-order valence-electron chi connectivity index (χ4n) is 5.92. The Bertz CT molecular complexity index is 1270. The maximum Gasteiger partial charge on any atom is 0.317 e. The zero-order valence-electron chi connectivity index (χ0n) is 25.7. The van der Waals surface area contributed by atoms with Gasteiger partial charge in [0.05, 0.1) is 13.2 Å². The summed E-state index contributed by atoms with van der Waals surface area (Å²) in [6, 6.07) is 0. The molecule has 2 N–H and O–H groups in total. The molecule has 2 aromatic carbocycles. The third-order valence-corrected chi connectivity index (χ3v) is 9.26. The van der Waals surface area contributed by atoms with Crippen molar-refractivity contribution in [3.8, 4) is 23.0 Å². The third-order valence-electron chi connectivity index (χ3n) is 9.26. The van der Waals surface area contributed by atoms with Gasteiger partial charge in [0.1, 0.15) is 40.6 Å². The van der Waals surface area contributed by atoms with Gasteiger partial charge in [-0.05, 0) is 114 Å². The lowest BCUT2D eigenvalue weighted by atomic mass is 9.86. The number of carbonyl (C=O) groups excluding carboxylic acids is 2. The Labute approximate surface area is 243 Å². The lowest BCUT2D eigenvalue weighted by Crippen LogP contribution is -2.38. The summed E-state index contributed by atoms with van der Waals surface area (Å²) >= 11 is 0. The van der Waals surface area contributed by atoms with E-state index in [-0.39, 0.29) is 13.2 Å². The smallest absolute Gasteiger partial charge is 0.317 e. The molecule has 8 heteroatoms. The van der Waals surface area contributed by atoms with Gasteiger partial charge in [0.25, 0.3) is 0 Å². The summed E-state index contributed by atoms with van der Waals surface area (Å²) in [6.45, 7) is 15.7. The van der Waals surface area contributed by atoms with Crippen LogP contribution in [0.1, 0.15) is 90.5 Å². The Morgan fingerprint density at radius 1 is 0.659 bits per heavy atom. The lowest BCUT2D eigenvalue weighted by molar-refractivity contribution is -0.155. The number of hydrogen-bond acceptors (Lipinski definition) is 8. The third kappa shape index (κ3) is 6.11. The van der Waals surface area contributed by atoms with Crippen molar-refractivity contribution in [1.29, 1.82) is 0 Å². The number of fused-ring (bicyclic) bond motifs is 2. The molecule has 0 spiro atoms. The molecule has 0 saturated heterocycles. The van der Waals surface area contributed by atoms with Crippen molar-refractivity contribution in [1.82, 2.24) is 0 Å². The lowest BCUT2D eigenvalue weighted by Gasteiger charge is -2.38. The second kappa shape index (κ2) is 11.5. The molecule has 2 aliphatic heterocycles. The van der Waals surface area contributed by atoms with Crippen molar-refractivity contribution in [2.45, 2.75) is 112 Å². The number of carbonyl (C=O) groups is 2. The predicted octanol–water partition coefficient (Wildman–Crippen LogP) is 6.07. The highest BCUT2D eigenvalue weighted by Crippen LogP contribution is 2.45. The Hall–Kier alpha value is -3.42. The van der Waals surface area contributed by atoms with Gasteiger partial charge in [0.15, 0.2) is 0 Å². The number of phenolic OH excluding ortho intramolecular Hbond substituents is 2.